The maximum Gasteiger partial charge on any atom is 0.272 e. The van der Waals surface area contributed by atoms with Crippen molar-refractivity contribution in [3.05, 3.63) is 59.1 Å². The first-order valence-corrected chi connectivity index (χ1v) is 9.10. The van der Waals surface area contributed by atoms with E-state index in [1.807, 2.05) is 65.8 Å². The third kappa shape index (κ3) is 3.73. The number of carbonyl (C=O) groups excluding carboxylic acids is 1. The Bertz CT molecular complexity index is 854. The molecule has 1 aromatic carbocycles. The van der Waals surface area contributed by atoms with Crippen molar-refractivity contribution in [2.75, 3.05) is 5.32 Å². The molecular weight excluding hydrogens is 388 g/mol. The zero-order chi connectivity index (χ0) is 17.1. The summed E-state index contributed by atoms with van der Waals surface area (Å²) in [5, 5.41) is 3.86. The van der Waals surface area contributed by atoms with Crippen molar-refractivity contribution in [3.63, 3.8) is 0 Å². The minimum Gasteiger partial charge on any atom is -0.343 e. The number of imidazole rings is 1. The summed E-state index contributed by atoms with van der Waals surface area (Å²) in [5.41, 5.74) is 1.40. The van der Waals surface area contributed by atoms with Crippen LogP contribution in [0.3, 0.4) is 0 Å². The highest BCUT2D eigenvalue weighted by Gasteiger charge is 2.12. The highest BCUT2D eigenvalue weighted by Crippen LogP contribution is 2.27. The van der Waals surface area contributed by atoms with E-state index in [4.69, 9.17) is 0 Å². The number of benzene rings is 1. The maximum absolute atomic E-state index is 12.4. The summed E-state index contributed by atoms with van der Waals surface area (Å²) in [5.74, 6) is -0.118. The van der Waals surface area contributed by atoms with Crippen molar-refractivity contribution >= 4 is 39.3 Å². The van der Waals surface area contributed by atoms with Crippen molar-refractivity contribution in [1.29, 1.82) is 0 Å². The summed E-state index contributed by atoms with van der Waals surface area (Å²) in [7, 11) is 1.96. The van der Waals surface area contributed by atoms with Crippen molar-refractivity contribution in [2.45, 2.75) is 23.5 Å². The van der Waals surface area contributed by atoms with Crippen molar-refractivity contribution < 1.29 is 4.79 Å². The first-order chi connectivity index (χ1) is 11.6. The van der Waals surface area contributed by atoms with Gasteiger partial charge in [-0.2, -0.15) is 0 Å². The lowest BCUT2D eigenvalue weighted by molar-refractivity contribution is 0.101. The van der Waals surface area contributed by atoms with Gasteiger partial charge in [0.05, 0.1) is 0 Å². The van der Waals surface area contributed by atoms with Crippen molar-refractivity contribution in [3.8, 4) is 0 Å². The number of hydrogen-bond acceptors (Lipinski definition) is 3. The molecule has 0 saturated carbocycles. The van der Waals surface area contributed by atoms with Gasteiger partial charge in [-0.05, 0) is 53.2 Å². The first kappa shape index (κ1) is 16.9. The molecule has 0 bridgehead atoms. The largest absolute Gasteiger partial charge is 0.343 e. The number of aryl methyl sites for hydroxylation is 2. The third-order valence-corrected chi connectivity index (χ3v) is 5.05. The highest BCUT2D eigenvalue weighted by molar-refractivity contribution is 9.10. The summed E-state index contributed by atoms with van der Waals surface area (Å²) < 4.78 is 4.78. The molecule has 0 atom stereocenters. The maximum atomic E-state index is 12.4. The highest BCUT2D eigenvalue weighted by atomic mass is 79.9. The topological polar surface area (TPSA) is 51.9 Å². The Morgan fingerprint density at radius 3 is 2.71 bits per heavy atom. The van der Waals surface area contributed by atoms with E-state index in [1.54, 1.807) is 18.0 Å². The molecule has 2 heterocycles. The average Bonchev–Trinajstić information content (AvgIpc) is 3.15. The average molecular weight is 405 g/mol. The Labute approximate surface area is 153 Å². The van der Waals surface area contributed by atoms with Crippen molar-refractivity contribution in [2.24, 2.45) is 7.05 Å². The molecule has 5 nitrogen and oxygen atoms in total. The van der Waals surface area contributed by atoms with Crippen LogP contribution in [0.4, 0.5) is 5.69 Å². The van der Waals surface area contributed by atoms with E-state index >= 15 is 0 Å². The third-order valence-electron chi connectivity index (χ3n) is 3.53. The number of anilines is 1. The minimum absolute atomic E-state index is 0.118. The Hall–Kier alpha value is -1.99. The van der Waals surface area contributed by atoms with Gasteiger partial charge in [-0.1, -0.05) is 11.8 Å². The van der Waals surface area contributed by atoms with Crippen LogP contribution >= 0.6 is 27.7 Å². The normalized spacial score (nSPS) is 10.8. The van der Waals surface area contributed by atoms with Crippen LogP contribution in [0.15, 0.2) is 63.4 Å². The molecule has 0 fully saturated rings. The molecule has 1 amide bonds. The first-order valence-electron chi connectivity index (χ1n) is 7.49. The van der Waals surface area contributed by atoms with E-state index < -0.39 is 0 Å². The smallest absolute Gasteiger partial charge is 0.272 e. The van der Waals surface area contributed by atoms with E-state index in [1.165, 1.54) is 0 Å². The minimum atomic E-state index is -0.118. The fourth-order valence-corrected chi connectivity index (χ4v) is 3.55. The van der Waals surface area contributed by atoms with Crippen molar-refractivity contribution in [1.82, 2.24) is 14.1 Å². The number of amides is 1. The molecular formula is C17H17BrN4OS. The zero-order valence-electron chi connectivity index (χ0n) is 13.4. The van der Waals surface area contributed by atoms with Crippen LogP contribution < -0.4 is 5.32 Å². The predicted octanol–water partition coefficient (Wildman–Crippen LogP) is 4.41. The lowest BCUT2D eigenvalue weighted by Gasteiger charge is -2.08. The van der Waals surface area contributed by atoms with Gasteiger partial charge in [-0.15, -0.1) is 0 Å². The second-order valence-electron chi connectivity index (χ2n) is 5.23. The van der Waals surface area contributed by atoms with E-state index in [0.29, 0.717) is 5.69 Å². The van der Waals surface area contributed by atoms with Gasteiger partial charge in [0.25, 0.3) is 5.91 Å². The number of rotatable bonds is 5. The molecule has 124 valence electrons. The monoisotopic (exact) mass is 404 g/mol. The summed E-state index contributed by atoms with van der Waals surface area (Å²) in [6, 6.07) is 9.58. The summed E-state index contributed by atoms with van der Waals surface area (Å²) in [6.45, 7) is 2.75. The molecule has 3 rings (SSSR count). The molecule has 7 heteroatoms. The standard InChI is InChI=1S/C17H17BrN4OS/c1-3-22-11-12(18)10-15(22)16(23)20-13-4-6-14(7-5-13)24-17-19-8-9-21(17)2/h4-11H,3H2,1-2H3,(H,20,23). The van der Waals surface area contributed by atoms with Crippen LogP contribution in [-0.4, -0.2) is 20.0 Å². The molecule has 0 aliphatic heterocycles. The van der Waals surface area contributed by atoms with Gasteiger partial charge in [-0.3, -0.25) is 4.79 Å². The summed E-state index contributed by atoms with van der Waals surface area (Å²) >= 11 is 4.99. The summed E-state index contributed by atoms with van der Waals surface area (Å²) in [6.07, 6.45) is 5.59. The molecule has 0 saturated heterocycles. The number of aromatic nitrogens is 3. The number of nitrogens with one attached hydrogen (secondary N) is 1. The van der Waals surface area contributed by atoms with Gasteiger partial charge >= 0.3 is 0 Å². The van der Waals surface area contributed by atoms with Crippen LogP contribution in [0.1, 0.15) is 17.4 Å². The van der Waals surface area contributed by atoms with Gasteiger partial charge in [0.1, 0.15) is 5.69 Å². The fraction of sp³-hybridized carbons (Fsp3) is 0.176. The van der Waals surface area contributed by atoms with Crippen LogP contribution in [0.25, 0.3) is 0 Å². The Morgan fingerprint density at radius 1 is 1.33 bits per heavy atom. The number of halogens is 1. The lowest BCUT2D eigenvalue weighted by Crippen LogP contribution is -2.16. The molecule has 3 aromatic rings. The molecule has 0 unspecified atom stereocenters. The molecule has 1 N–H and O–H groups in total. The Balaban J connectivity index is 1.69. The summed E-state index contributed by atoms with van der Waals surface area (Å²) in [4.78, 5) is 17.8. The Kier molecular flexibility index (Phi) is 5.11. The van der Waals surface area contributed by atoms with E-state index in [2.05, 4.69) is 26.2 Å². The van der Waals surface area contributed by atoms with Crippen LogP contribution in [0.5, 0.6) is 0 Å². The van der Waals surface area contributed by atoms with E-state index in [9.17, 15) is 4.79 Å². The second-order valence-corrected chi connectivity index (χ2v) is 7.19. The zero-order valence-corrected chi connectivity index (χ0v) is 15.8. The number of hydrogen-bond donors (Lipinski definition) is 1. The van der Waals surface area contributed by atoms with Gasteiger partial charge in [0.2, 0.25) is 0 Å². The number of carbonyl (C=O) groups is 1. The number of nitrogens with zero attached hydrogens (tertiary/aromatic N) is 3. The van der Waals surface area contributed by atoms with Crippen LogP contribution in [0.2, 0.25) is 0 Å². The lowest BCUT2D eigenvalue weighted by atomic mass is 10.3. The molecule has 24 heavy (non-hydrogen) atoms. The molecule has 0 aliphatic carbocycles. The molecule has 2 aromatic heterocycles. The van der Waals surface area contributed by atoms with Crippen LogP contribution in [0, 0.1) is 0 Å². The van der Waals surface area contributed by atoms with E-state index in [0.717, 1.165) is 26.8 Å². The van der Waals surface area contributed by atoms with Gasteiger partial charge < -0.3 is 14.5 Å². The second kappa shape index (κ2) is 7.27. The van der Waals surface area contributed by atoms with Gasteiger partial charge in [0.15, 0.2) is 5.16 Å². The molecule has 0 spiro atoms. The van der Waals surface area contributed by atoms with E-state index in [-0.39, 0.29) is 5.91 Å². The van der Waals surface area contributed by atoms with Gasteiger partial charge in [-0.25, -0.2) is 4.98 Å². The quantitative estimate of drug-likeness (QED) is 0.684. The molecule has 0 aliphatic rings. The van der Waals surface area contributed by atoms with Gasteiger partial charge in [0, 0.05) is 47.2 Å². The fourth-order valence-electron chi connectivity index (χ4n) is 2.28. The van der Waals surface area contributed by atoms with Crippen LogP contribution in [-0.2, 0) is 13.6 Å². The predicted molar refractivity (Wildman–Crippen MR) is 99.5 cm³/mol. The molecule has 0 radical (unpaired) electrons. The Morgan fingerprint density at radius 2 is 2.08 bits per heavy atom. The SMILES string of the molecule is CCn1cc(Br)cc1C(=O)Nc1ccc(Sc2nccn2C)cc1.